The maximum absolute atomic E-state index is 11.9. The number of carbonyl (C=O) groups is 2. The van der Waals surface area contributed by atoms with Gasteiger partial charge in [0.25, 0.3) is 5.91 Å². The standard InChI is InChI=1S/C19H24N2O5S/c1-4-21(12-18(22)20-19(23)25-3)11-14-7-8-16(17(10-14)24-2)26-13-15-6-5-9-27-15/h5-10H,4,11-13H2,1-3H3,(H,20,22,23)/p+1. The second kappa shape index (κ2) is 10.5. The van der Waals surface area contributed by atoms with E-state index < -0.39 is 6.09 Å². The van der Waals surface area contributed by atoms with Crippen LogP contribution in [0.25, 0.3) is 0 Å². The summed E-state index contributed by atoms with van der Waals surface area (Å²) in [5.41, 5.74) is 1.01. The average molecular weight is 393 g/mol. The van der Waals surface area contributed by atoms with Crippen molar-refractivity contribution in [1.29, 1.82) is 0 Å². The van der Waals surface area contributed by atoms with Gasteiger partial charge in [0.15, 0.2) is 18.0 Å². The predicted octanol–water partition coefficient (Wildman–Crippen LogP) is 1.62. The van der Waals surface area contributed by atoms with Crippen molar-refractivity contribution in [3.8, 4) is 11.5 Å². The summed E-state index contributed by atoms with van der Waals surface area (Å²) >= 11 is 1.64. The van der Waals surface area contributed by atoms with Gasteiger partial charge in [-0.1, -0.05) is 6.07 Å². The van der Waals surface area contributed by atoms with E-state index in [0.29, 0.717) is 24.7 Å². The van der Waals surface area contributed by atoms with Crippen LogP contribution >= 0.6 is 11.3 Å². The van der Waals surface area contributed by atoms with Crippen molar-refractivity contribution in [3.63, 3.8) is 0 Å². The Balaban J connectivity index is 1.98. The molecule has 0 saturated carbocycles. The molecule has 2 rings (SSSR count). The van der Waals surface area contributed by atoms with Crippen LogP contribution in [0.5, 0.6) is 11.5 Å². The summed E-state index contributed by atoms with van der Waals surface area (Å²) in [5, 5.41) is 4.19. The molecule has 2 N–H and O–H groups in total. The minimum Gasteiger partial charge on any atom is -0.493 e. The van der Waals surface area contributed by atoms with Crippen LogP contribution in [0.15, 0.2) is 35.7 Å². The Hall–Kier alpha value is -2.58. The van der Waals surface area contributed by atoms with Gasteiger partial charge in [-0.2, -0.15) is 0 Å². The molecular weight excluding hydrogens is 368 g/mol. The number of likely N-dealkylation sites (N-methyl/N-ethyl adjacent to an activating group) is 1. The first-order chi connectivity index (χ1) is 13.0. The predicted molar refractivity (Wildman–Crippen MR) is 102 cm³/mol. The fraction of sp³-hybridized carbons (Fsp3) is 0.368. The van der Waals surface area contributed by atoms with Crippen molar-refractivity contribution in [2.24, 2.45) is 0 Å². The quantitative estimate of drug-likeness (QED) is 0.677. The summed E-state index contributed by atoms with van der Waals surface area (Å²) < 4.78 is 15.7. The van der Waals surface area contributed by atoms with E-state index in [1.54, 1.807) is 18.4 Å². The number of alkyl carbamates (subject to hydrolysis) is 1. The Morgan fingerprint density at radius 1 is 1.19 bits per heavy atom. The summed E-state index contributed by atoms with van der Waals surface area (Å²) in [6.45, 7) is 3.99. The van der Waals surface area contributed by atoms with Crippen molar-refractivity contribution < 1.29 is 28.7 Å². The molecule has 2 aromatic rings. The Morgan fingerprint density at radius 3 is 2.63 bits per heavy atom. The zero-order chi connectivity index (χ0) is 19.6. The van der Waals surface area contributed by atoms with Gasteiger partial charge >= 0.3 is 6.09 Å². The van der Waals surface area contributed by atoms with Crippen LogP contribution < -0.4 is 19.7 Å². The maximum atomic E-state index is 11.9. The topological polar surface area (TPSA) is 78.3 Å². The molecule has 1 heterocycles. The van der Waals surface area contributed by atoms with Gasteiger partial charge in [0.05, 0.1) is 20.8 Å². The molecule has 1 unspecified atom stereocenters. The monoisotopic (exact) mass is 393 g/mol. The van der Waals surface area contributed by atoms with Crippen LogP contribution in [0.4, 0.5) is 4.79 Å². The minimum atomic E-state index is -0.746. The van der Waals surface area contributed by atoms with Crippen molar-refractivity contribution >= 4 is 23.3 Å². The summed E-state index contributed by atoms with van der Waals surface area (Å²) in [7, 11) is 2.83. The molecule has 1 aromatic carbocycles. The summed E-state index contributed by atoms with van der Waals surface area (Å²) in [4.78, 5) is 25.1. The second-order valence-corrected chi connectivity index (χ2v) is 6.88. The first-order valence-corrected chi connectivity index (χ1v) is 9.47. The summed E-state index contributed by atoms with van der Waals surface area (Å²) in [6, 6.07) is 9.76. The van der Waals surface area contributed by atoms with Crippen molar-refractivity contribution in [1.82, 2.24) is 5.32 Å². The number of hydrogen-bond acceptors (Lipinski definition) is 6. The molecule has 0 aliphatic carbocycles. The van der Waals surface area contributed by atoms with Crippen LogP contribution in [0.1, 0.15) is 17.4 Å². The van der Waals surface area contributed by atoms with Gasteiger partial charge in [0.2, 0.25) is 0 Å². The van der Waals surface area contributed by atoms with Crippen LogP contribution in [0, 0.1) is 0 Å². The van der Waals surface area contributed by atoms with Gasteiger partial charge in [-0.25, -0.2) is 4.79 Å². The number of hydrogen-bond donors (Lipinski definition) is 2. The van der Waals surface area contributed by atoms with Gasteiger partial charge < -0.3 is 19.1 Å². The lowest BCUT2D eigenvalue weighted by molar-refractivity contribution is -0.904. The van der Waals surface area contributed by atoms with E-state index in [1.807, 2.05) is 42.6 Å². The van der Waals surface area contributed by atoms with E-state index in [4.69, 9.17) is 9.47 Å². The molecule has 0 spiro atoms. The van der Waals surface area contributed by atoms with E-state index in [2.05, 4.69) is 10.1 Å². The molecule has 7 nitrogen and oxygen atoms in total. The number of imide groups is 1. The molecule has 0 saturated heterocycles. The fourth-order valence-corrected chi connectivity index (χ4v) is 3.14. The number of thiophene rings is 1. The van der Waals surface area contributed by atoms with Crippen molar-refractivity contribution in [3.05, 3.63) is 46.2 Å². The SMILES string of the molecule is CC[NH+](CC(=O)NC(=O)OC)Cc1ccc(OCc2cccs2)c(OC)c1. The highest BCUT2D eigenvalue weighted by Gasteiger charge is 2.17. The normalized spacial score (nSPS) is 11.5. The number of methoxy groups -OCH3 is 2. The Kier molecular flexibility index (Phi) is 8.09. The van der Waals surface area contributed by atoms with Crippen LogP contribution in [-0.4, -0.2) is 39.3 Å². The number of ether oxygens (including phenoxy) is 3. The third kappa shape index (κ3) is 6.58. The molecule has 146 valence electrons. The van der Waals surface area contributed by atoms with Crippen LogP contribution in [0.2, 0.25) is 0 Å². The highest BCUT2D eigenvalue weighted by atomic mass is 32.1. The number of nitrogens with one attached hydrogen (secondary N) is 2. The molecular formula is C19H25N2O5S+. The number of benzene rings is 1. The van der Waals surface area contributed by atoms with Crippen molar-refractivity contribution in [2.75, 3.05) is 27.3 Å². The van der Waals surface area contributed by atoms with Gasteiger partial charge in [0, 0.05) is 10.4 Å². The molecule has 0 fully saturated rings. The molecule has 1 aromatic heterocycles. The van der Waals surface area contributed by atoms with Gasteiger partial charge in [-0.15, -0.1) is 11.3 Å². The Bertz CT molecular complexity index is 749. The molecule has 2 amide bonds. The Labute approximate surface area is 162 Å². The van der Waals surface area contributed by atoms with Crippen molar-refractivity contribution in [2.45, 2.75) is 20.1 Å². The third-order valence-electron chi connectivity index (χ3n) is 3.97. The van der Waals surface area contributed by atoms with Crippen LogP contribution in [-0.2, 0) is 22.7 Å². The molecule has 8 heteroatoms. The number of carbonyl (C=O) groups excluding carboxylic acids is 2. The molecule has 27 heavy (non-hydrogen) atoms. The van der Waals surface area contributed by atoms with E-state index in [0.717, 1.165) is 21.9 Å². The summed E-state index contributed by atoms with van der Waals surface area (Å²) in [6.07, 6.45) is -0.746. The first kappa shape index (κ1) is 20.7. The van der Waals surface area contributed by atoms with E-state index >= 15 is 0 Å². The van der Waals surface area contributed by atoms with E-state index in [9.17, 15) is 9.59 Å². The third-order valence-corrected chi connectivity index (χ3v) is 4.82. The van der Waals surface area contributed by atoms with E-state index in [-0.39, 0.29) is 12.5 Å². The maximum Gasteiger partial charge on any atom is 0.413 e. The van der Waals surface area contributed by atoms with Crippen LogP contribution in [0.3, 0.4) is 0 Å². The Morgan fingerprint density at radius 2 is 2.00 bits per heavy atom. The zero-order valence-corrected chi connectivity index (χ0v) is 16.6. The minimum absolute atomic E-state index is 0.171. The second-order valence-electron chi connectivity index (χ2n) is 5.85. The fourth-order valence-electron chi connectivity index (χ4n) is 2.52. The zero-order valence-electron chi connectivity index (χ0n) is 15.7. The largest absolute Gasteiger partial charge is 0.493 e. The lowest BCUT2D eigenvalue weighted by Crippen LogP contribution is -3.11. The number of rotatable bonds is 9. The molecule has 0 aliphatic heterocycles. The van der Waals surface area contributed by atoms with Gasteiger partial charge in [-0.05, 0) is 36.6 Å². The van der Waals surface area contributed by atoms with Gasteiger partial charge in [-0.3, -0.25) is 10.1 Å². The molecule has 0 bridgehead atoms. The van der Waals surface area contributed by atoms with Gasteiger partial charge in [0.1, 0.15) is 13.2 Å². The van der Waals surface area contributed by atoms with E-state index in [1.165, 1.54) is 7.11 Å². The molecule has 1 atom stereocenters. The first-order valence-electron chi connectivity index (χ1n) is 8.59. The molecule has 0 radical (unpaired) electrons. The highest BCUT2D eigenvalue weighted by molar-refractivity contribution is 7.09. The number of quaternary nitrogens is 1. The smallest absolute Gasteiger partial charge is 0.413 e. The number of amides is 2. The average Bonchev–Trinajstić information content (AvgIpc) is 3.19. The molecule has 0 aliphatic rings. The highest BCUT2D eigenvalue weighted by Crippen LogP contribution is 2.29. The lowest BCUT2D eigenvalue weighted by Gasteiger charge is -2.18. The summed E-state index contributed by atoms with van der Waals surface area (Å²) in [5.74, 6) is 0.955. The lowest BCUT2D eigenvalue weighted by atomic mass is 10.2.